The number of halogens is 3. The summed E-state index contributed by atoms with van der Waals surface area (Å²) in [6, 6.07) is 6.83. The molecule has 0 amide bonds. The number of fused-ring (bicyclic) bond motifs is 1. The number of hydrogen-bond acceptors (Lipinski definition) is 2. The Morgan fingerprint density at radius 2 is 1.84 bits per heavy atom. The average molecular weight is 269 g/mol. The third-order valence-corrected chi connectivity index (χ3v) is 2.83. The molecule has 0 saturated carbocycles. The molecular formula is C13H10F3NO2. The lowest BCUT2D eigenvalue weighted by Crippen LogP contribution is -2.25. The number of alkyl halides is 3. The molecule has 0 spiro atoms. The highest BCUT2D eigenvalue weighted by Gasteiger charge is 2.39. The monoisotopic (exact) mass is 269 g/mol. The number of aryl methyl sites for hydroxylation is 1. The van der Waals surface area contributed by atoms with Crippen molar-refractivity contribution in [2.45, 2.75) is 12.6 Å². The van der Waals surface area contributed by atoms with Crippen LogP contribution in [0.15, 0.2) is 30.5 Å². The predicted octanol–water partition coefficient (Wildman–Crippen LogP) is 2.88. The van der Waals surface area contributed by atoms with E-state index in [4.69, 9.17) is 0 Å². The molecule has 19 heavy (non-hydrogen) atoms. The predicted molar refractivity (Wildman–Crippen MR) is 62.9 cm³/mol. The first kappa shape index (κ1) is 13.3. The average Bonchev–Trinajstić information content (AvgIpc) is 2.66. The molecule has 0 bridgehead atoms. The van der Waals surface area contributed by atoms with Crippen molar-refractivity contribution in [3.63, 3.8) is 0 Å². The van der Waals surface area contributed by atoms with Crippen LogP contribution in [0.1, 0.15) is 16.8 Å². The second-order valence-electron chi connectivity index (χ2n) is 4.19. The largest absolute Gasteiger partial charge is 0.450 e. The van der Waals surface area contributed by atoms with E-state index in [9.17, 15) is 22.8 Å². The number of rotatable bonds is 3. The van der Waals surface area contributed by atoms with Gasteiger partial charge < -0.3 is 4.57 Å². The summed E-state index contributed by atoms with van der Waals surface area (Å²) in [6.45, 7) is 0. The van der Waals surface area contributed by atoms with E-state index in [1.807, 2.05) is 0 Å². The zero-order valence-corrected chi connectivity index (χ0v) is 9.99. The Kier molecular flexibility index (Phi) is 3.18. The van der Waals surface area contributed by atoms with E-state index in [1.54, 1.807) is 35.9 Å². The van der Waals surface area contributed by atoms with E-state index < -0.39 is 24.2 Å². The minimum atomic E-state index is -4.97. The van der Waals surface area contributed by atoms with Gasteiger partial charge in [0, 0.05) is 29.7 Å². The van der Waals surface area contributed by atoms with Gasteiger partial charge in [-0.25, -0.2) is 0 Å². The van der Waals surface area contributed by atoms with E-state index in [2.05, 4.69) is 0 Å². The van der Waals surface area contributed by atoms with Gasteiger partial charge in [0.05, 0.1) is 6.42 Å². The summed E-state index contributed by atoms with van der Waals surface area (Å²) in [5.74, 6) is -2.84. The highest BCUT2D eigenvalue weighted by molar-refractivity contribution is 6.15. The first-order valence-corrected chi connectivity index (χ1v) is 5.48. The van der Waals surface area contributed by atoms with Crippen LogP contribution in [0.25, 0.3) is 10.9 Å². The van der Waals surface area contributed by atoms with Crippen molar-refractivity contribution in [3.8, 4) is 0 Å². The number of hydrogen-bond donors (Lipinski definition) is 0. The molecule has 0 saturated heterocycles. The van der Waals surface area contributed by atoms with Crippen LogP contribution in [0, 0.1) is 0 Å². The molecule has 0 radical (unpaired) electrons. The van der Waals surface area contributed by atoms with Crippen LogP contribution in [-0.4, -0.2) is 22.3 Å². The molecule has 0 atom stereocenters. The Morgan fingerprint density at radius 1 is 1.21 bits per heavy atom. The maximum atomic E-state index is 12.1. The Labute approximate surface area is 106 Å². The molecule has 1 aromatic carbocycles. The molecule has 0 N–H and O–H groups in total. The third-order valence-electron chi connectivity index (χ3n) is 2.83. The molecule has 1 heterocycles. The van der Waals surface area contributed by atoms with Gasteiger partial charge in [0.1, 0.15) is 0 Å². The zero-order chi connectivity index (χ0) is 14.2. The van der Waals surface area contributed by atoms with E-state index in [-0.39, 0.29) is 5.56 Å². The van der Waals surface area contributed by atoms with Gasteiger partial charge in [-0.15, -0.1) is 0 Å². The fourth-order valence-corrected chi connectivity index (χ4v) is 1.91. The van der Waals surface area contributed by atoms with Crippen LogP contribution < -0.4 is 0 Å². The second-order valence-corrected chi connectivity index (χ2v) is 4.19. The summed E-state index contributed by atoms with van der Waals surface area (Å²) in [4.78, 5) is 22.6. The molecule has 0 aliphatic heterocycles. The van der Waals surface area contributed by atoms with Crippen LogP contribution in [0.3, 0.4) is 0 Å². The van der Waals surface area contributed by atoms with Crippen LogP contribution >= 0.6 is 0 Å². The number of nitrogens with zero attached hydrogens (tertiary/aromatic N) is 1. The molecule has 2 aromatic rings. The van der Waals surface area contributed by atoms with Gasteiger partial charge in [-0.2, -0.15) is 13.2 Å². The number of para-hydroxylation sites is 1. The summed E-state index contributed by atoms with van der Waals surface area (Å²) in [6.07, 6.45) is -4.69. The van der Waals surface area contributed by atoms with Crippen LogP contribution in [0.2, 0.25) is 0 Å². The minimum Gasteiger partial charge on any atom is -0.350 e. The maximum Gasteiger partial charge on any atom is 0.450 e. The first-order chi connectivity index (χ1) is 8.80. The third kappa shape index (κ3) is 2.52. The SMILES string of the molecule is Cn1cc(C(=O)CC(=O)C(F)(F)F)c2ccccc21. The van der Waals surface area contributed by atoms with E-state index >= 15 is 0 Å². The van der Waals surface area contributed by atoms with Crippen molar-refractivity contribution < 1.29 is 22.8 Å². The lowest BCUT2D eigenvalue weighted by molar-refractivity contribution is -0.170. The van der Waals surface area contributed by atoms with Gasteiger partial charge in [-0.3, -0.25) is 9.59 Å². The van der Waals surface area contributed by atoms with Gasteiger partial charge in [0.15, 0.2) is 5.78 Å². The molecule has 3 nitrogen and oxygen atoms in total. The fourth-order valence-electron chi connectivity index (χ4n) is 1.91. The first-order valence-electron chi connectivity index (χ1n) is 5.48. The van der Waals surface area contributed by atoms with Gasteiger partial charge in [-0.1, -0.05) is 18.2 Å². The minimum absolute atomic E-state index is 0.135. The highest BCUT2D eigenvalue weighted by atomic mass is 19.4. The lowest BCUT2D eigenvalue weighted by Gasteiger charge is -2.03. The molecule has 0 fully saturated rings. The van der Waals surface area contributed by atoms with Crippen molar-refractivity contribution in [1.82, 2.24) is 4.57 Å². The number of carbonyl (C=O) groups excluding carboxylic acids is 2. The normalized spacial score (nSPS) is 11.8. The number of ketones is 2. The molecule has 2 rings (SSSR count). The smallest absolute Gasteiger partial charge is 0.350 e. The highest BCUT2D eigenvalue weighted by Crippen LogP contribution is 2.24. The summed E-state index contributed by atoms with van der Waals surface area (Å²) in [7, 11) is 1.69. The fraction of sp³-hybridized carbons (Fsp3) is 0.231. The summed E-state index contributed by atoms with van der Waals surface area (Å²) in [5, 5.41) is 0.546. The van der Waals surface area contributed by atoms with Crippen molar-refractivity contribution in [1.29, 1.82) is 0 Å². The van der Waals surface area contributed by atoms with Gasteiger partial charge in [0.25, 0.3) is 0 Å². The molecule has 1 aromatic heterocycles. The van der Waals surface area contributed by atoms with Gasteiger partial charge in [-0.05, 0) is 6.07 Å². The Morgan fingerprint density at radius 3 is 2.47 bits per heavy atom. The maximum absolute atomic E-state index is 12.1. The molecule has 6 heteroatoms. The van der Waals surface area contributed by atoms with E-state index in [1.165, 1.54) is 6.20 Å². The molecule has 0 aliphatic carbocycles. The van der Waals surface area contributed by atoms with Gasteiger partial charge in [0.2, 0.25) is 5.78 Å². The lowest BCUT2D eigenvalue weighted by atomic mass is 10.1. The number of carbonyl (C=O) groups is 2. The van der Waals surface area contributed by atoms with Crippen molar-refractivity contribution in [2.24, 2.45) is 7.05 Å². The summed E-state index contributed by atoms with van der Waals surface area (Å²) >= 11 is 0. The number of benzene rings is 1. The van der Waals surface area contributed by atoms with Crippen molar-refractivity contribution in [3.05, 3.63) is 36.0 Å². The second kappa shape index (κ2) is 4.53. The Balaban J connectivity index is 2.35. The molecule has 0 aliphatic rings. The van der Waals surface area contributed by atoms with Crippen LogP contribution in [0.4, 0.5) is 13.2 Å². The van der Waals surface area contributed by atoms with Gasteiger partial charge >= 0.3 is 6.18 Å². The zero-order valence-electron chi connectivity index (χ0n) is 9.99. The standard InChI is InChI=1S/C13H10F3NO2/c1-17-7-9(8-4-2-3-5-10(8)17)11(18)6-12(19)13(14,15)16/h2-5,7H,6H2,1H3. The topological polar surface area (TPSA) is 39.1 Å². The molecule has 100 valence electrons. The Hall–Kier alpha value is -2.11. The van der Waals surface area contributed by atoms with Crippen LogP contribution in [-0.2, 0) is 11.8 Å². The summed E-state index contributed by atoms with van der Waals surface area (Å²) in [5.41, 5.74) is 0.862. The van der Waals surface area contributed by atoms with E-state index in [0.29, 0.717) is 5.39 Å². The molecular weight excluding hydrogens is 259 g/mol. The summed E-state index contributed by atoms with van der Waals surface area (Å²) < 4.78 is 38.1. The van der Waals surface area contributed by atoms with Crippen molar-refractivity contribution in [2.75, 3.05) is 0 Å². The quantitative estimate of drug-likeness (QED) is 0.635. The van der Waals surface area contributed by atoms with Crippen LogP contribution in [0.5, 0.6) is 0 Å². The van der Waals surface area contributed by atoms with Crippen molar-refractivity contribution >= 4 is 22.5 Å². The van der Waals surface area contributed by atoms with E-state index in [0.717, 1.165) is 5.52 Å². The number of Topliss-reactive ketones (excluding diaryl/α,β-unsaturated/α-hetero) is 2. The Bertz CT molecular complexity index is 655. The number of aromatic nitrogens is 1. The molecule has 0 unspecified atom stereocenters.